The summed E-state index contributed by atoms with van der Waals surface area (Å²) in [5.74, 6) is -0.799. The fourth-order valence-electron chi connectivity index (χ4n) is 3.03. The number of carbonyl (C=O) groups is 2. The number of hydrogen-bond acceptors (Lipinski definition) is 6. The summed E-state index contributed by atoms with van der Waals surface area (Å²) in [5.41, 5.74) is 2.92. The van der Waals surface area contributed by atoms with Crippen molar-refractivity contribution >= 4 is 39.1 Å². The molecule has 0 radical (unpaired) electrons. The Bertz CT molecular complexity index is 1160. The largest absolute Gasteiger partial charge is 0.459 e. The van der Waals surface area contributed by atoms with E-state index in [4.69, 9.17) is 4.74 Å². The van der Waals surface area contributed by atoms with Gasteiger partial charge in [-0.15, -0.1) is 11.3 Å². The fraction of sp³-hybridized carbons (Fsp3) is 0.333. The highest BCUT2D eigenvalue weighted by Crippen LogP contribution is 2.27. The van der Waals surface area contributed by atoms with Crippen molar-refractivity contribution in [2.45, 2.75) is 47.3 Å². The van der Waals surface area contributed by atoms with Crippen molar-refractivity contribution in [1.82, 2.24) is 9.55 Å². The summed E-state index contributed by atoms with van der Waals surface area (Å²) in [6.45, 7) is 8.94. The summed E-state index contributed by atoms with van der Waals surface area (Å²) in [4.78, 5) is 42.7. The number of thiophene rings is 1. The van der Waals surface area contributed by atoms with Crippen LogP contribution in [-0.4, -0.2) is 27.5 Å². The van der Waals surface area contributed by atoms with Crippen LogP contribution in [0.25, 0.3) is 10.2 Å². The van der Waals surface area contributed by atoms with Gasteiger partial charge in [-0.25, -0.2) is 9.78 Å². The van der Waals surface area contributed by atoms with Gasteiger partial charge in [-0.3, -0.25) is 14.2 Å². The number of aryl methyl sites for hydroxylation is 3. The average Bonchev–Trinajstić information content (AvgIpc) is 2.97. The zero-order valence-electron chi connectivity index (χ0n) is 17.0. The van der Waals surface area contributed by atoms with Gasteiger partial charge in [0.2, 0.25) is 5.91 Å². The third kappa shape index (κ3) is 4.37. The highest BCUT2D eigenvalue weighted by atomic mass is 32.1. The summed E-state index contributed by atoms with van der Waals surface area (Å²) >= 11 is 1.12. The molecule has 29 heavy (non-hydrogen) atoms. The number of rotatable bonds is 5. The number of fused-ring (bicyclic) bond motifs is 1. The van der Waals surface area contributed by atoms with Crippen LogP contribution in [0.5, 0.6) is 0 Å². The van der Waals surface area contributed by atoms with Crippen molar-refractivity contribution in [3.63, 3.8) is 0 Å². The maximum absolute atomic E-state index is 12.9. The van der Waals surface area contributed by atoms with E-state index >= 15 is 0 Å². The first-order chi connectivity index (χ1) is 13.7. The molecule has 2 heterocycles. The van der Waals surface area contributed by atoms with Crippen molar-refractivity contribution in [2.75, 3.05) is 5.32 Å². The molecular weight excluding hydrogens is 390 g/mol. The Morgan fingerprint density at radius 2 is 1.97 bits per heavy atom. The monoisotopic (exact) mass is 413 g/mol. The minimum Gasteiger partial charge on any atom is -0.459 e. The van der Waals surface area contributed by atoms with Crippen LogP contribution in [0.4, 0.5) is 5.69 Å². The molecule has 152 valence electrons. The molecule has 0 saturated carbocycles. The third-order valence-corrected chi connectivity index (χ3v) is 5.60. The van der Waals surface area contributed by atoms with Gasteiger partial charge in [-0.05, 0) is 51.8 Å². The molecule has 3 aromatic rings. The van der Waals surface area contributed by atoms with E-state index in [0.717, 1.165) is 22.5 Å². The Balaban J connectivity index is 1.87. The van der Waals surface area contributed by atoms with Crippen molar-refractivity contribution in [3.8, 4) is 0 Å². The Kier molecular flexibility index (Phi) is 5.83. The molecule has 8 heteroatoms. The molecule has 1 aromatic carbocycles. The highest BCUT2D eigenvalue weighted by Gasteiger charge is 2.21. The van der Waals surface area contributed by atoms with Crippen LogP contribution in [0.1, 0.15) is 40.2 Å². The average molecular weight is 413 g/mol. The van der Waals surface area contributed by atoms with Crippen LogP contribution in [-0.2, 0) is 16.1 Å². The maximum Gasteiger partial charge on any atom is 0.348 e. The number of benzene rings is 1. The summed E-state index contributed by atoms with van der Waals surface area (Å²) < 4.78 is 6.49. The molecule has 0 spiro atoms. The Morgan fingerprint density at radius 3 is 2.62 bits per heavy atom. The zero-order valence-corrected chi connectivity index (χ0v) is 17.8. The van der Waals surface area contributed by atoms with E-state index in [1.54, 1.807) is 20.8 Å². The van der Waals surface area contributed by atoms with E-state index in [2.05, 4.69) is 10.3 Å². The lowest BCUT2D eigenvalue weighted by Crippen LogP contribution is -2.28. The molecule has 0 aliphatic heterocycles. The van der Waals surface area contributed by atoms with E-state index in [-0.39, 0.29) is 24.1 Å². The van der Waals surface area contributed by atoms with E-state index < -0.39 is 5.97 Å². The van der Waals surface area contributed by atoms with Gasteiger partial charge in [0.15, 0.2) is 0 Å². The summed E-state index contributed by atoms with van der Waals surface area (Å²) in [7, 11) is 0. The van der Waals surface area contributed by atoms with E-state index in [1.165, 1.54) is 10.9 Å². The third-order valence-electron chi connectivity index (χ3n) is 4.42. The number of carbonyl (C=O) groups excluding carboxylic acids is 2. The van der Waals surface area contributed by atoms with Crippen LogP contribution in [0.15, 0.2) is 29.3 Å². The van der Waals surface area contributed by atoms with Gasteiger partial charge in [-0.2, -0.15) is 0 Å². The van der Waals surface area contributed by atoms with Crippen molar-refractivity contribution < 1.29 is 14.3 Å². The predicted octanol–water partition coefficient (Wildman–Crippen LogP) is 3.59. The summed E-state index contributed by atoms with van der Waals surface area (Å²) in [6.07, 6.45) is 1.07. The lowest BCUT2D eigenvalue weighted by Gasteiger charge is -2.10. The van der Waals surface area contributed by atoms with E-state index in [0.29, 0.717) is 26.3 Å². The van der Waals surface area contributed by atoms with Gasteiger partial charge in [-0.1, -0.05) is 17.7 Å². The standard InChI is InChI=1S/C21H23N3O4S/c1-11(2)28-21(27)18-14(5)17-19(29-18)22-10-24(20(17)26)9-16(25)23-15-7-6-12(3)8-13(15)4/h6-8,10-11H,9H2,1-5H3,(H,23,25). The Hall–Kier alpha value is -3.00. The first-order valence-electron chi connectivity index (χ1n) is 9.24. The van der Waals surface area contributed by atoms with Crippen molar-refractivity contribution in [3.05, 3.63) is 56.4 Å². The second-order valence-corrected chi connectivity index (χ2v) is 8.23. The first-order valence-corrected chi connectivity index (χ1v) is 10.1. The second-order valence-electron chi connectivity index (χ2n) is 7.23. The van der Waals surface area contributed by atoms with E-state index in [9.17, 15) is 14.4 Å². The number of aromatic nitrogens is 2. The lowest BCUT2D eigenvalue weighted by molar-refractivity contribution is -0.116. The smallest absolute Gasteiger partial charge is 0.348 e. The number of amides is 1. The Labute approximate surface area is 172 Å². The van der Waals surface area contributed by atoms with Gasteiger partial charge in [0.25, 0.3) is 5.56 Å². The number of nitrogens with zero attached hydrogens (tertiary/aromatic N) is 2. The zero-order chi connectivity index (χ0) is 21.3. The number of anilines is 1. The molecule has 0 aliphatic carbocycles. The first kappa shape index (κ1) is 20.7. The van der Waals surface area contributed by atoms with Gasteiger partial charge in [0.05, 0.1) is 17.8 Å². The molecule has 0 aliphatic rings. The predicted molar refractivity (Wildman–Crippen MR) is 114 cm³/mol. The quantitative estimate of drug-likeness (QED) is 0.646. The second kappa shape index (κ2) is 8.16. The minimum atomic E-state index is -0.473. The van der Waals surface area contributed by atoms with Crippen LogP contribution in [0.3, 0.4) is 0 Å². The molecule has 7 nitrogen and oxygen atoms in total. The SMILES string of the molecule is Cc1ccc(NC(=O)Cn2cnc3sc(C(=O)OC(C)C)c(C)c3c2=O)c(C)c1. The topological polar surface area (TPSA) is 90.3 Å². The fourth-order valence-corrected chi connectivity index (χ4v) is 4.05. The molecule has 3 rings (SSSR count). The van der Waals surface area contributed by atoms with Crippen molar-refractivity contribution in [2.24, 2.45) is 0 Å². The lowest BCUT2D eigenvalue weighted by atomic mass is 10.1. The number of hydrogen-bond donors (Lipinski definition) is 1. The van der Waals surface area contributed by atoms with Crippen LogP contribution in [0.2, 0.25) is 0 Å². The molecule has 2 aromatic heterocycles. The number of ether oxygens (including phenoxy) is 1. The number of nitrogens with one attached hydrogen (secondary N) is 1. The maximum atomic E-state index is 12.9. The van der Waals surface area contributed by atoms with Gasteiger partial charge in [0.1, 0.15) is 16.3 Å². The van der Waals surface area contributed by atoms with Gasteiger partial charge in [0, 0.05) is 5.69 Å². The minimum absolute atomic E-state index is 0.170. The summed E-state index contributed by atoms with van der Waals surface area (Å²) in [5, 5.41) is 3.16. The molecule has 1 N–H and O–H groups in total. The molecule has 0 fully saturated rings. The highest BCUT2D eigenvalue weighted by molar-refractivity contribution is 7.20. The van der Waals surface area contributed by atoms with Crippen LogP contribution < -0.4 is 10.9 Å². The van der Waals surface area contributed by atoms with Gasteiger partial charge < -0.3 is 10.1 Å². The Morgan fingerprint density at radius 1 is 1.24 bits per heavy atom. The van der Waals surface area contributed by atoms with Crippen LogP contribution in [0, 0.1) is 20.8 Å². The molecule has 0 unspecified atom stereocenters. The molecule has 0 bridgehead atoms. The molecule has 0 atom stereocenters. The van der Waals surface area contributed by atoms with Crippen LogP contribution >= 0.6 is 11.3 Å². The molecular formula is C21H23N3O4S. The molecule has 0 saturated heterocycles. The molecule has 1 amide bonds. The van der Waals surface area contributed by atoms with Crippen molar-refractivity contribution in [1.29, 1.82) is 0 Å². The normalized spacial score (nSPS) is 11.1. The van der Waals surface area contributed by atoms with Gasteiger partial charge >= 0.3 is 5.97 Å². The summed E-state index contributed by atoms with van der Waals surface area (Å²) in [6, 6.07) is 5.72. The number of esters is 1. The van der Waals surface area contributed by atoms with E-state index in [1.807, 2.05) is 32.0 Å².